The second-order valence-electron chi connectivity index (χ2n) is 4.91. The first kappa shape index (κ1) is 15.7. The molecule has 0 bridgehead atoms. The lowest BCUT2D eigenvalue weighted by Gasteiger charge is -2.07. The van der Waals surface area contributed by atoms with E-state index in [9.17, 15) is 4.79 Å². The second kappa shape index (κ2) is 7.96. The van der Waals surface area contributed by atoms with Gasteiger partial charge in [-0.15, -0.1) is 0 Å². The Labute approximate surface area is 130 Å². The molecule has 0 aliphatic heterocycles. The lowest BCUT2D eigenvalue weighted by molar-refractivity contribution is -0.120. The third kappa shape index (κ3) is 4.18. The highest BCUT2D eigenvalue weighted by Gasteiger charge is 2.04. The van der Waals surface area contributed by atoms with Crippen molar-refractivity contribution >= 4 is 5.91 Å². The normalized spacial score (nSPS) is 10.0. The molecule has 0 aromatic heterocycles. The summed E-state index contributed by atoms with van der Waals surface area (Å²) in [6.07, 6.45) is 0. The average Bonchev–Trinajstić information content (AvgIpc) is 2.56. The van der Waals surface area contributed by atoms with Gasteiger partial charge in [0.2, 0.25) is 5.91 Å². The Morgan fingerprint density at radius 1 is 1.14 bits per heavy atom. The van der Waals surface area contributed by atoms with E-state index in [4.69, 9.17) is 5.26 Å². The second-order valence-corrected chi connectivity index (χ2v) is 4.91. The number of rotatable bonds is 6. The summed E-state index contributed by atoms with van der Waals surface area (Å²) in [7, 11) is 0. The van der Waals surface area contributed by atoms with Gasteiger partial charge in [-0.3, -0.25) is 4.79 Å². The first-order chi connectivity index (χ1) is 10.7. The van der Waals surface area contributed by atoms with E-state index in [1.165, 1.54) is 0 Å². The average molecular weight is 293 g/mol. The fourth-order valence-corrected chi connectivity index (χ4v) is 2.21. The maximum Gasteiger partial charge on any atom is 0.233 e. The van der Waals surface area contributed by atoms with Crippen molar-refractivity contribution in [2.75, 3.05) is 13.1 Å². The molecule has 0 radical (unpaired) electrons. The Balaban J connectivity index is 1.99. The third-order valence-electron chi connectivity index (χ3n) is 3.30. The van der Waals surface area contributed by atoms with Crippen molar-refractivity contribution in [3.63, 3.8) is 0 Å². The highest BCUT2D eigenvalue weighted by molar-refractivity contribution is 5.77. The van der Waals surface area contributed by atoms with Gasteiger partial charge in [0, 0.05) is 13.1 Å². The van der Waals surface area contributed by atoms with Crippen LogP contribution >= 0.6 is 0 Å². The van der Waals surface area contributed by atoms with Crippen LogP contribution in [0.1, 0.15) is 18.1 Å². The lowest BCUT2D eigenvalue weighted by Crippen LogP contribution is -2.33. The van der Waals surface area contributed by atoms with Gasteiger partial charge in [0.05, 0.1) is 18.2 Å². The number of carbonyl (C=O) groups excluding carboxylic acids is 1. The Morgan fingerprint density at radius 2 is 1.86 bits per heavy atom. The topological polar surface area (TPSA) is 64.9 Å². The molecule has 4 heteroatoms. The summed E-state index contributed by atoms with van der Waals surface area (Å²) in [4.78, 5) is 11.3. The number of hydrogen-bond acceptors (Lipinski definition) is 3. The molecule has 0 heterocycles. The fraction of sp³-hybridized carbons (Fsp3) is 0.222. The molecule has 0 spiro atoms. The van der Waals surface area contributed by atoms with Crippen LogP contribution in [-0.2, 0) is 11.3 Å². The van der Waals surface area contributed by atoms with Crippen LogP contribution in [0, 0.1) is 11.3 Å². The molecule has 2 aromatic carbocycles. The van der Waals surface area contributed by atoms with E-state index in [0.29, 0.717) is 25.2 Å². The molecule has 2 rings (SSSR count). The molecule has 1 amide bonds. The minimum Gasteiger partial charge on any atom is -0.355 e. The summed E-state index contributed by atoms with van der Waals surface area (Å²) in [6.45, 7) is 3.49. The van der Waals surface area contributed by atoms with E-state index in [1.807, 2.05) is 55.5 Å². The van der Waals surface area contributed by atoms with Crippen molar-refractivity contribution in [3.05, 3.63) is 59.7 Å². The quantitative estimate of drug-likeness (QED) is 0.860. The van der Waals surface area contributed by atoms with Crippen molar-refractivity contribution in [2.45, 2.75) is 13.5 Å². The Hall–Kier alpha value is -2.64. The fourth-order valence-electron chi connectivity index (χ4n) is 2.21. The van der Waals surface area contributed by atoms with Crippen LogP contribution < -0.4 is 10.6 Å². The molecule has 0 atom stereocenters. The van der Waals surface area contributed by atoms with Gasteiger partial charge in [0.15, 0.2) is 0 Å². The number of nitrogens with zero attached hydrogens (tertiary/aromatic N) is 1. The van der Waals surface area contributed by atoms with Gasteiger partial charge in [0.25, 0.3) is 0 Å². The summed E-state index contributed by atoms with van der Waals surface area (Å²) in [6, 6.07) is 17.8. The number of likely N-dealkylation sites (N-methyl/N-ethyl adjacent to an activating group) is 1. The first-order valence-corrected chi connectivity index (χ1v) is 7.30. The number of benzene rings is 2. The van der Waals surface area contributed by atoms with E-state index < -0.39 is 0 Å². The van der Waals surface area contributed by atoms with Crippen LogP contribution in [0.4, 0.5) is 0 Å². The highest BCUT2D eigenvalue weighted by Crippen LogP contribution is 2.23. The molecule has 22 heavy (non-hydrogen) atoms. The largest absolute Gasteiger partial charge is 0.355 e. The van der Waals surface area contributed by atoms with Crippen LogP contribution in [0.3, 0.4) is 0 Å². The molecule has 0 saturated carbocycles. The minimum atomic E-state index is 0.00191. The predicted molar refractivity (Wildman–Crippen MR) is 87.0 cm³/mol. The van der Waals surface area contributed by atoms with Crippen LogP contribution in [-0.4, -0.2) is 19.0 Å². The van der Waals surface area contributed by atoms with Crippen molar-refractivity contribution in [1.29, 1.82) is 5.26 Å². The molecule has 0 aliphatic carbocycles. The van der Waals surface area contributed by atoms with Crippen molar-refractivity contribution in [2.24, 2.45) is 0 Å². The molecule has 0 unspecified atom stereocenters. The van der Waals surface area contributed by atoms with Crippen LogP contribution in [0.25, 0.3) is 11.1 Å². The Kier molecular flexibility index (Phi) is 5.70. The SMILES string of the molecule is CCNC(=O)CNCc1ccc(-c2ccccc2C#N)cc1. The lowest BCUT2D eigenvalue weighted by atomic mass is 9.99. The maximum atomic E-state index is 11.3. The van der Waals surface area contributed by atoms with E-state index in [2.05, 4.69) is 16.7 Å². The monoisotopic (exact) mass is 293 g/mol. The molecule has 112 valence electrons. The number of carbonyl (C=O) groups is 1. The van der Waals surface area contributed by atoms with Gasteiger partial charge in [0.1, 0.15) is 0 Å². The predicted octanol–water partition coefficient (Wildman–Crippen LogP) is 2.45. The van der Waals surface area contributed by atoms with Crippen LogP contribution in [0.2, 0.25) is 0 Å². The standard InChI is InChI=1S/C18H19N3O/c1-2-21-18(22)13-20-12-14-7-9-15(10-8-14)17-6-4-3-5-16(17)11-19/h3-10,20H,2,12-13H2,1H3,(H,21,22). The van der Waals surface area contributed by atoms with Crippen molar-refractivity contribution in [3.8, 4) is 17.2 Å². The van der Waals surface area contributed by atoms with Crippen LogP contribution in [0.15, 0.2) is 48.5 Å². The molecule has 4 nitrogen and oxygen atoms in total. The molecule has 0 aliphatic rings. The van der Waals surface area contributed by atoms with Crippen molar-refractivity contribution in [1.82, 2.24) is 10.6 Å². The Morgan fingerprint density at radius 3 is 2.55 bits per heavy atom. The Bertz CT molecular complexity index is 671. The third-order valence-corrected chi connectivity index (χ3v) is 3.30. The molecular weight excluding hydrogens is 274 g/mol. The minimum absolute atomic E-state index is 0.00191. The molecule has 0 saturated heterocycles. The van der Waals surface area contributed by atoms with Gasteiger partial charge < -0.3 is 10.6 Å². The molecule has 2 N–H and O–H groups in total. The molecule has 0 fully saturated rings. The smallest absolute Gasteiger partial charge is 0.233 e. The molecular formula is C18H19N3O. The summed E-state index contributed by atoms with van der Waals surface area (Å²) in [5.41, 5.74) is 3.73. The zero-order valence-electron chi connectivity index (χ0n) is 12.6. The zero-order valence-corrected chi connectivity index (χ0v) is 12.6. The van der Waals surface area contributed by atoms with Crippen molar-refractivity contribution < 1.29 is 4.79 Å². The summed E-state index contributed by atoms with van der Waals surface area (Å²) in [5.74, 6) is 0.00191. The summed E-state index contributed by atoms with van der Waals surface area (Å²) >= 11 is 0. The van der Waals surface area contributed by atoms with Gasteiger partial charge in [-0.2, -0.15) is 5.26 Å². The summed E-state index contributed by atoms with van der Waals surface area (Å²) < 4.78 is 0. The number of hydrogen-bond donors (Lipinski definition) is 2. The molecule has 2 aromatic rings. The van der Waals surface area contributed by atoms with E-state index in [1.54, 1.807) is 0 Å². The van der Waals surface area contributed by atoms with E-state index in [0.717, 1.165) is 16.7 Å². The van der Waals surface area contributed by atoms with Gasteiger partial charge in [-0.1, -0.05) is 42.5 Å². The number of amides is 1. The first-order valence-electron chi connectivity index (χ1n) is 7.30. The zero-order chi connectivity index (χ0) is 15.8. The van der Waals surface area contributed by atoms with E-state index in [-0.39, 0.29) is 5.91 Å². The van der Waals surface area contributed by atoms with Gasteiger partial charge in [-0.05, 0) is 29.7 Å². The van der Waals surface area contributed by atoms with E-state index >= 15 is 0 Å². The van der Waals surface area contributed by atoms with Gasteiger partial charge in [-0.25, -0.2) is 0 Å². The van der Waals surface area contributed by atoms with Gasteiger partial charge >= 0.3 is 0 Å². The number of nitrogens with one attached hydrogen (secondary N) is 2. The summed E-state index contributed by atoms with van der Waals surface area (Å²) in [5, 5.41) is 15.0. The van der Waals surface area contributed by atoms with Crippen LogP contribution in [0.5, 0.6) is 0 Å². The number of nitriles is 1. The maximum absolute atomic E-state index is 11.3. The highest BCUT2D eigenvalue weighted by atomic mass is 16.1.